The number of aryl methyl sites for hydroxylation is 2. The first-order chi connectivity index (χ1) is 16.1. The number of hydrogen-bond acceptors (Lipinski definition) is 3. The minimum Gasteiger partial charge on any atom is -0.494 e. The van der Waals surface area contributed by atoms with Gasteiger partial charge in [-0.25, -0.2) is 0 Å². The van der Waals surface area contributed by atoms with Gasteiger partial charge < -0.3 is 9.84 Å². The van der Waals surface area contributed by atoms with Gasteiger partial charge >= 0.3 is 12.1 Å². The van der Waals surface area contributed by atoms with Crippen LogP contribution in [0.5, 0.6) is 5.75 Å². The first-order valence-corrected chi connectivity index (χ1v) is 11.7. The van der Waals surface area contributed by atoms with Crippen LogP contribution in [0.2, 0.25) is 5.02 Å². The molecular formula is C26H27ClF3NO3. The average Bonchev–Trinajstić information content (AvgIpc) is 2.74. The lowest BCUT2D eigenvalue weighted by Gasteiger charge is -2.38. The highest BCUT2D eigenvalue weighted by Crippen LogP contribution is 2.36. The van der Waals surface area contributed by atoms with Gasteiger partial charge in [-0.05, 0) is 79.1 Å². The second-order valence-electron chi connectivity index (χ2n) is 9.04. The number of allylic oxidation sites excluding steroid dienone is 1. The van der Waals surface area contributed by atoms with Gasteiger partial charge in [-0.3, -0.25) is 9.69 Å². The fourth-order valence-electron chi connectivity index (χ4n) is 4.63. The van der Waals surface area contributed by atoms with Crippen LogP contribution in [0.1, 0.15) is 42.0 Å². The quantitative estimate of drug-likeness (QED) is 0.451. The Hall–Kier alpha value is -2.51. The topological polar surface area (TPSA) is 49.8 Å². The average molecular weight is 494 g/mol. The summed E-state index contributed by atoms with van der Waals surface area (Å²) in [4.78, 5) is 13.2. The summed E-state index contributed by atoms with van der Waals surface area (Å²) in [5.74, 6) is -0.209. The number of aliphatic carboxylic acids is 1. The number of halogens is 4. The van der Waals surface area contributed by atoms with Gasteiger partial charge in [0.2, 0.25) is 0 Å². The molecule has 0 radical (unpaired) electrons. The summed E-state index contributed by atoms with van der Waals surface area (Å²) in [5.41, 5.74) is 4.79. The van der Waals surface area contributed by atoms with Gasteiger partial charge in [-0.2, -0.15) is 13.2 Å². The fraction of sp³-hybridized carbons (Fsp3) is 0.423. The molecule has 1 saturated heterocycles. The highest BCUT2D eigenvalue weighted by Gasteiger charge is 2.34. The van der Waals surface area contributed by atoms with Crippen LogP contribution in [0.25, 0.3) is 5.57 Å². The molecule has 1 heterocycles. The minimum absolute atomic E-state index is 0.247. The highest BCUT2D eigenvalue weighted by molar-refractivity contribution is 6.31. The van der Waals surface area contributed by atoms with Crippen molar-refractivity contribution < 1.29 is 27.8 Å². The van der Waals surface area contributed by atoms with Crippen LogP contribution in [0.15, 0.2) is 42.0 Å². The van der Waals surface area contributed by atoms with E-state index in [-0.39, 0.29) is 10.9 Å². The van der Waals surface area contributed by atoms with E-state index in [9.17, 15) is 18.0 Å². The maximum atomic E-state index is 13.0. The standard InChI is InChI=1S/C26H27ClF3NO3/c1-16-19(13-31-14-20(15-31)25(32)33)6-5-18-12-21(7-8-22(16)18)34-10-2-3-17-4-9-24(27)23(11-17)26(28,29)30/h4,7-9,11-12,20H,2-3,5-6,10,13-15H2,1H3,(H,32,33). The number of carboxylic acid groups (broad SMARTS) is 1. The van der Waals surface area contributed by atoms with Crippen LogP contribution >= 0.6 is 11.6 Å². The van der Waals surface area contributed by atoms with Crippen LogP contribution < -0.4 is 4.74 Å². The van der Waals surface area contributed by atoms with Gasteiger partial charge in [-0.1, -0.05) is 29.3 Å². The number of hydrogen-bond donors (Lipinski definition) is 1. The van der Waals surface area contributed by atoms with Crippen molar-refractivity contribution >= 4 is 23.1 Å². The Bertz CT molecular complexity index is 1110. The van der Waals surface area contributed by atoms with Gasteiger partial charge in [0.05, 0.1) is 23.1 Å². The molecule has 0 unspecified atom stereocenters. The van der Waals surface area contributed by atoms with Gasteiger partial charge in [0.1, 0.15) is 5.75 Å². The molecule has 0 aromatic heterocycles. The molecule has 2 aromatic rings. The number of benzene rings is 2. The molecule has 2 aromatic carbocycles. The highest BCUT2D eigenvalue weighted by atomic mass is 35.5. The van der Waals surface area contributed by atoms with E-state index in [0.717, 1.165) is 31.2 Å². The molecular weight excluding hydrogens is 467 g/mol. The molecule has 4 nitrogen and oxygen atoms in total. The Morgan fingerprint density at radius 3 is 2.65 bits per heavy atom. The maximum absolute atomic E-state index is 13.0. The van der Waals surface area contributed by atoms with Gasteiger partial charge in [0.15, 0.2) is 0 Å². The normalized spacial score (nSPS) is 16.9. The molecule has 0 atom stereocenters. The van der Waals surface area contributed by atoms with Crippen molar-refractivity contribution in [3.63, 3.8) is 0 Å². The van der Waals surface area contributed by atoms with Gasteiger partial charge in [0.25, 0.3) is 0 Å². The molecule has 1 fully saturated rings. The molecule has 0 spiro atoms. The number of alkyl halides is 3. The zero-order valence-electron chi connectivity index (χ0n) is 18.9. The first kappa shape index (κ1) is 24.6. The maximum Gasteiger partial charge on any atom is 0.417 e. The third-order valence-corrected chi connectivity index (χ3v) is 6.97. The van der Waals surface area contributed by atoms with Crippen molar-refractivity contribution in [1.82, 2.24) is 4.90 Å². The Balaban J connectivity index is 1.30. The van der Waals surface area contributed by atoms with Crippen molar-refractivity contribution in [2.45, 2.75) is 38.8 Å². The second-order valence-corrected chi connectivity index (χ2v) is 9.45. The van der Waals surface area contributed by atoms with Gasteiger partial charge in [-0.15, -0.1) is 0 Å². The van der Waals surface area contributed by atoms with E-state index in [0.29, 0.717) is 38.1 Å². The number of fused-ring (bicyclic) bond motifs is 1. The van der Waals surface area contributed by atoms with Crippen molar-refractivity contribution in [3.8, 4) is 5.75 Å². The molecule has 2 aliphatic rings. The molecule has 0 amide bonds. The van der Waals surface area contributed by atoms with Crippen molar-refractivity contribution in [1.29, 1.82) is 0 Å². The summed E-state index contributed by atoms with van der Waals surface area (Å²) in [7, 11) is 0. The van der Waals surface area contributed by atoms with Crippen LogP contribution in [0.3, 0.4) is 0 Å². The lowest BCUT2D eigenvalue weighted by Crippen LogP contribution is -2.50. The summed E-state index contributed by atoms with van der Waals surface area (Å²) >= 11 is 5.68. The van der Waals surface area contributed by atoms with E-state index < -0.39 is 17.7 Å². The Labute approximate surface area is 202 Å². The largest absolute Gasteiger partial charge is 0.494 e. The number of ether oxygens (including phenoxy) is 1. The molecule has 34 heavy (non-hydrogen) atoms. The number of nitrogens with zero attached hydrogens (tertiary/aromatic N) is 1. The predicted octanol–water partition coefficient (Wildman–Crippen LogP) is 6.11. The summed E-state index contributed by atoms with van der Waals surface area (Å²) in [5, 5.41) is 8.77. The van der Waals surface area contributed by atoms with Crippen molar-refractivity contribution in [3.05, 3.63) is 69.2 Å². The molecule has 1 aliphatic carbocycles. The van der Waals surface area contributed by atoms with E-state index in [4.69, 9.17) is 21.4 Å². The zero-order valence-corrected chi connectivity index (χ0v) is 19.7. The number of carbonyl (C=O) groups is 1. The lowest BCUT2D eigenvalue weighted by molar-refractivity contribution is -0.147. The lowest BCUT2D eigenvalue weighted by atomic mass is 9.85. The Morgan fingerprint density at radius 1 is 1.18 bits per heavy atom. The molecule has 1 N–H and O–H groups in total. The summed E-state index contributed by atoms with van der Waals surface area (Å²) in [6.07, 6.45) is -1.56. The Morgan fingerprint density at radius 2 is 1.94 bits per heavy atom. The van der Waals surface area contributed by atoms with Crippen LogP contribution in [0.4, 0.5) is 13.2 Å². The second kappa shape index (κ2) is 10.0. The zero-order chi connectivity index (χ0) is 24.5. The van der Waals surface area contributed by atoms with Crippen molar-refractivity contribution in [2.24, 2.45) is 5.92 Å². The van der Waals surface area contributed by atoms with E-state index in [2.05, 4.69) is 17.9 Å². The molecule has 0 bridgehead atoms. The van der Waals surface area contributed by atoms with E-state index >= 15 is 0 Å². The predicted molar refractivity (Wildman–Crippen MR) is 125 cm³/mol. The Kier molecular flexibility index (Phi) is 7.24. The van der Waals surface area contributed by atoms with Crippen molar-refractivity contribution in [2.75, 3.05) is 26.2 Å². The smallest absolute Gasteiger partial charge is 0.417 e. The number of carboxylic acids is 1. The fourth-order valence-corrected chi connectivity index (χ4v) is 4.85. The SMILES string of the molecule is CC1=C(CN2CC(C(=O)O)C2)CCc2cc(OCCCc3ccc(Cl)c(C(F)(F)F)c3)ccc21. The van der Waals surface area contributed by atoms with Crippen LogP contribution in [-0.4, -0.2) is 42.2 Å². The van der Waals surface area contributed by atoms with Gasteiger partial charge in [0, 0.05) is 19.6 Å². The molecule has 4 rings (SSSR count). The third kappa shape index (κ3) is 5.58. The number of likely N-dealkylation sites (tertiary alicyclic amines) is 1. The first-order valence-electron chi connectivity index (χ1n) is 11.4. The van der Waals surface area contributed by atoms with E-state index in [1.54, 1.807) is 6.07 Å². The van der Waals surface area contributed by atoms with E-state index in [1.165, 1.54) is 28.3 Å². The third-order valence-electron chi connectivity index (χ3n) is 6.64. The van der Waals surface area contributed by atoms with E-state index in [1.807, 2.05) is 12.1 Å². The molecule has 8 heteroatoms. The monoisotopic (exact) mass is 493 g/mol. The van der Waals surface area contributed by atoms with Crippen LogP contribution in [-0.2, 0) is 23.8 Å². The van der Waals surface area contributed by atoms with Crippen LogP contribution in [0, 0.1) is 5.92 Å². The summed E-state index contributed by atoms with van der Waals surface area (Å²) in [6.45, 7) is 4.55. The molecule has 182 valence electrons. The summed E-state index contributed by atoms with van der Waals surface area (Å²) in [6, 6.07) is 10.1. The molecule has 1 aliphatic heterocycles. The summed E-state index contributed by atoms with van der Waals surface area (Å²) < 4.78 is 44.9. The minimum atomic E-state index is -4.46. The molecule has 0 saturated carbocycles. The number of rotatable bonds is 8.